The molecule has 0 N–H and O–H groups in total. The number of fused-ring (bicyclic) bond motifs is 1. The van der Waals surface area contributed by atoms with Gasteiger partial charge in [0.1, 0.15) is 5.82 Å². The molecular formula is C13H10BrN3O4S. The number of rotatable bonds is 3. The van der Waals surface area contributed by atoms with Crippen molar-refractivity contribution in [1.82, 2.24) is 4.98 Å². The lowest BCUT2D eigenvalue weighted by molar-refractivity contribution is -0.385. The van der Waals surface area contributed by atoms with Crippen molar-refractivity contribution >= 4 is 37.5 Å². The summed E-state index contributed by atoms with van der Waals surface area (Å²) >= 11 is 3.30. The summed E-state index contributed by atoms with van der Waals surface area (Å²) < 4.78 is 27.4. The summed E-state index contributed by atoms with van der Waals surface area (Å²) in [7, 11) is -3.87. The predicted molar refractivity (Wildman–Crippen MR) is 83.3 cm³/mol. The number of halogens is 1. The Kier molecular flexibility index (Phi) is 3.61. The SMILES string of the molecule is O=[N+]([O-])c1cccc(S(=O)(=O)N2CCc3cc(Br)cnc32)c1. The van der Waals surface area contributed by atoms with Crippen molar-refractivity contribution in [3.8, 4) is 0 Å². The molecule has 0 radical (unpaired) electrons. The maximum absolute atomic E-state index is 12.7. The monoisotopic (exact) mass is 383 g/mol. The van der Waals surface area contributed by atoms with Crippen LogP contribution in [0.5, 0.6) is 0 Å². The predicted octanol–water partition coefficient (Wildman–Crippen LogP) is 2.50. The highest BCUT2D eigenvalue weighted by Gasteiger charge is 2.32. The van der Waals surface area contributed by atoms with E-state index in [0.717, 1.165) is 16.1 Å². The summed E-state index contributed by atoms with van der Waals surface area (Å²) in [6, 6.07) is 6.85. The van der Waals surface area contributed by atoms with E-state index in [4.69, 9.17) is 0 Å². The number of nitro groups is 1. The first-order chi connectivity index (χ1) is 10.4. The number of non-ortho nitro benzene ring substituents is 1. The number of anilines is 1. The molecule has 0 fully saturated rings. The second-order valence-electron chi connectivity index (χ2n) is 4.72. The first-order valence-electron chi connectivity index (χ1n) is 6.31. The quantitative estimate of drug-likeness (QED) is 0.599. The van der Waals surface area contributed by atoms with Gasteiger partial charge in [-0.2, -0.15) is 0 Å². The van der Waals surface area contributed by atoms with Crippen molar-refractivity contribution in [2.45, 2.75) is 11.3 Å². The van der Waals surface area contributed by atoms with Crippen LogP contribution in [0.25, 0.3) is 0 Å². The summed E-state index contributed by atoms with van der Waals surface area (Å²) in [6.45, 7) is 0.268. The Morgan fingerprint density at radius 3 is 2.82 bits per heavy atom. The lowest BCUT2D eigenvalue weighted by Crippen LogP contribution is -2.29. The van der Waals surface area contributed by atoms with Gasteiger partial charge in [-0.15, -0.1) is 0 Å². The third-order valence-corrected chi connectivity index (χ3v) is 5.57. The molecule has 0 aliphatic carbocycles. The van der Waals surface area contributed by atoms with Crippen molar-refractivity contribution in [2.24, 2.45) is 0 Å². The van der Waals surface area contributed by atoms with Crippen LogP contribution in [0, 0.1) is 10.1 Å². The minimum Gasteiger partial charge on any atom is -0.258 e. The van der Waals surface area contributed by atoms with Gasteiger partial charge in [0, 0.05) is 29.3 Å². The number of hydrogen-bond donors (Lipinski definition) is 0. The van der Waals surface area contributed by atoms with Crippen LogP contribution in [0.2, 0.25) is 0 Å². The van der Waals surface area contributed by atoms with Crippen molar-refractivity contribution < 1.29 is 13.3 Å². The number of aromatic nitrogens is 1. The number of benzene rings is 1. The minimum atomic E-state index is -3.87. The maximum atomic E-state index is 12.7. The Bertz CT molecular complexity index is 869. The first kappa shape index (κ1) is 14.9. The van der Waals surface area contributed by atoms with Crippen LogP contribution in [0.15, 0.2) is 45.9 Å². The standard InChI is InChI=1S/C13H10BrN3O4S/c14-10-6-9-4-5-16(13(9)15-8-10)22(20,21)12-3-1-2-11(7-12)17(18)19/h1-3,6-8H,4-5H2. The molecule has 9 heteroatoms. The van der Waals surface area contributed by atoms with Crippen molar-refractivity contribution in [3.05, 3.63) is 56.7 Å². The van der Waals surface area contributed by atoms with Gasteiger partial charge in [-0.05, 0) is 40.0 Å². The number of nitrogens with zero attached hydrogens (tertiary/aromatic N) is 3. The number of hydrogen-bond acceptors (Lipinski definition) is 5. The lowest BCUT2D eigenvalue weighted by atomic mass is 10.2. The van der Waals surface area contributed by atoms with E-state index in [9.17, 15) is 18.5 Å². The van der Waals surface area contributed by atoms with E-state index in [2.05, 4.69) is 20.9 Å². The Morgan fingerprint density at radius 2 is 2.09 bits per heavy atom. The molecular weight excluding hydrogens is 374 g/mol. The first-order valence-corrected chi connectivity index (χ1v) is 8.54. The second kappa shape index (κ2) is 5.33. The van der Waals surface area contributed by atoms with Crippen LogP contribution < -0.4 is 4.31 Å². The zero-order valence-corrected chi connectivity index (χ0v) is 13.5. The topological polar surface area (TPSA) is 93.4 Å². The van der Waals surface area contributed by atoms with E-state index in [1.165, 1.54) is 28.7 Å². The molecule has 0 atom stereocenters. The van der Waals surface area contributed by atoms with Crippen molar-refractivity contribution in [3.63, 3.8) is 0 Å². The third kappa shape index (κ3) is 2.46. The summed E-state index contributed by atoms with van der Waals surface area (Å²) in [5.41, 5.74) is 0.563. The van der Waals surface area contributed by atoms with Crippen molar-refractivity contribution in [1.29, 1.82) is 0 Å². The smallest absolute Gasteiger partial charge is 0.258 e. The molecule has 2 heterocycles. The molecule has 1 aliphatic rings. The summed E-state index contributed by atoms with van der Waals surface area (Å²) in [4.78, 5) is 14.2. The highest BCUT2D eigenvalue weighted by molar-refractivity contribution is 9.10. The zero-order valence-electron chi connectivity index (χ0n) is 11.1. The molecule has 0 bridgehead atoms. The molecule has 0 saturated heterocycles. The fraction of sp³-hybridized carbons (Fsp3) is 0.154. The fourth-order valence-corrected chi connectivity index (χ4v) is 4.21. The van der Waals surface area contributed by atoms with Gasteiger partial charge in [0.2, 0.25) is 0 Å². The molecule has 0 amide bonds. The van der Waals surface area contributed by atoms with Crippen LogP contribution >= 0.6 is 15.9 Å². The highest BCUT2D eigenvalue weighted by atomic mass is 79.9. The molecule has 22 heavy (non-hydrogen) atoms. The zero-order chi connectivity index (χ0) is 15.9. The fourth-order valence-electron chi connectivity index (χ4n) is 2.33. The molecule has 0 unspecified atom stereocenters. The minimum absolute atomic E-state index is 0.112. The maximum Gasteiger partial charge on any atom is 0.270 e. The summed E-state index contributed by atoms with van der Waals surface area (Å²) in [5.74, 6) is 0.370. The normalized spacial score (nSPS) is 14.0. The second-order valence-corrected chi connectivity index (χ2v) is 7.50. The molecule has 0 spiro atoms. The molecule has 1 aromatic carbocycles. The van der Waals surface area contributed by atoms with E-state index in [1.807, 2.05) is 6.07 Å². The van der Waals surface area contributed by atoms with Gasteiger partial charge < -0.3 is 0 Å². The Labute approximate surface area is 134 Å². The van der Waals surface area contributed by atoms with Crippen molar-refractivity contribution in [2.75, 3.05) is 10.8 Å². The third-order valence-electron chi connectivity index (χ3n) is 3.35. The Morgan fingerprint density at radius 1 is 1.32 bits per heavy atom. The molecule has 114 valence electrons. The van der Waals surface area contributed by atoms with E-state index < -0.39 is 14.9 Å². The molecule has 2 aromatic rings. The van der Waals surface area contributed by atoms with Gasteiger partial charge in [0.25, 0.3) is 15.7 Å². The molecule has 3 rings (SSSR count). The van der Waals surface area contributed by atoms with E-state index in [1.54, 1.807) is 0 Å². The van der Waals surface area contributed by atoms with Crippen LogP contribution in [0.3, 0.4) is 0 Å². The van der Waals surface area contributed by atoms with E-state index in [-0.39, 0.29) is 17.1 Å². The Balaban J connectivity index is 2.06. The largest absolute Gasteiger partial charge is 0.270 e. The molecule has 7 nitrogen and oxygen atoms in total. The van der Waals surface area contributed by atoms with Gasteiger partial charge in [0.15, 0.2) is 0 Å². The average Bonchev–Trinajstić information content (AvgIpc) is 2.91. The highest BCUT2D eigenvalue weighted by Crippen LogP contribution is 2.33. The number of pyridine rings is 1. The van der Waals surface area contributed by atoms with Crippen LogP contribution in [0.4, 0.5) is 11.5 Å². The summed E-state index contributed by atoms with van der Waals surface area (Å²) in [6.07, 6.45) is 2.08. The lowest BCUT2D eigenvalue weighted by Gasteiger charge is -2.18. The van der Waals surface area contributed by atoms with E-state index >= 15 is 0 Å². The van der Waals surface area contributed by atoms with Gasteiger partial charge in [-0.1, -0.05) is 6.07 Å². The van der Waals surface area contributed by atoms with Gasteiger partial charge >= 0.3 is 0 Å². The average molecular weight is 384 g/mol. The summed E-state index contributed by atoms with van der Waals surface area (Å²) in [5, 5.41) is 10.8. The van der Waals surface area contributed by atoms with Crippen LogP contribution in [-0.4, -0.2) is 24.9 Å². The van der Waals surface area contributed by atoms with Gasteiger partial charge in [-0.25, -0.2) is 17.7 Å². The van der Waals surface area contributed by atoms with Gasteiger partial charge in [-0.3, -0.25) is 10.1 Å². The molecule has 1 aliphatic heterocycles. The van der Waals surface area contributed by atoms with Crippen LogP contribution in [0.1, 0.15) is 5.56 Å². The van der Waals surface area contributed by atoms with E-state index in [0.29, 0.717) is 12.2 Å². The van der Waals surface area contributed by atoms with Gasteiger partial charge in [0.05, 0.1) is 9.82 Å². The molecule has 1 aromatic heterocycles. The Hall–Kier alpha value is -2.00. The number of sulfonamides is 1. The number of nitro benzene ring substituents is 1. The molecule has 0 saturated carbocycles. The van der Waals surface area contributed by atoms with Crippen LogP contribution in [-0.2, 0) is 16.4 Å².